The quantitative estimate of drug-likeness (QED) is 0.304. The number of carbonyl (C=O) groups is 2. The van der Waals surface area contributed by atoms with E-state index < -0.39 is 5.97 Å². The fourth-order valence-electron chi connectivity index (χ4n) is 3.58. The van der Waals surface area contributed by atoms with E-state index in [1.165, 1.54) is 27.4 Å². The highest BCUT2D eigenvalue weighted by Crippen LogP contribution is 2.40. The molecule has 0 fully saturated rings. The van der Waals surface area contributed by atoms with Crippen molar-refractivity contribution in [2.75, 3.05) is 21.3 Å². The van der Waals surface area contributed by atoms with Crippen molar-refractivity contribution in [3.05, 3.63) is 82.6 Å². The van der Waals surface area contributed by atoms with Crippen molar-refractivity contribution in [2.24, 2.45) is 0 Å². The molecule has 0 saturated carbocycles. The summed E-state index contributed by atoms with van der Waals surface area (Å²) in [6.07, 6.45) is 1.58. The number of Topliss-reactive ketones (excluding diaryl/α,β-unsaturated/α-hetero) is 1. The Bertz CT molecular complexity index is 1260. The number of ketones is 1. The first-order valence-corrected chi connectivity index (χ1v) is 10.1. The van der Waals surface area contributed by atoms with Crippen LogP contribution in [0.2, 0.25) is 0 Å². The minimum atomic E-state index is -0.495. The van der Waals surface area contributed by atoms with Gasteiger partial charge in [0.1, 0.15) is 17.2 Å². The van der Waals surface area contributed by atoms with Gasteiger partial charge in [0.15, 0.2) is 17.3 Å². The molecule has 4 rings (SSSR count). The van der Waals surface area contributed by atoms with Gasteiger partial charge in [0.2, 0.25) is 5.78 Å². The van der Waals surface area contributed by atoms with Crippen LogP contribution in [0.5, 0.6) is 28.7 Å². The lowest BCUT2D eigenvalue weighted by Crippen LogP contribution is -2.08. The molecule has 0 aliphatic carbocycles. The predicted molar refractivity (Wildman–Crippen MR) is 122 cm³/mol. The molecule has 0 N–H and O–H groups in total. The summed E-state index contributed by atoms with van der Waals surface area (Å²) in [5.41, 5.74) is 2.06. The molecule has 168 valence electrons. The zero-order chi connectivity index (χ0) is 23.5. The van der Waals surface area contributed by atoms with Crippen molar-refractivity contribution < 1.29 is 33.3 Å². The van der Waals surface area contributed by atoms with Crippen molar-refractivity contribution in [3.63, 3.8) is 0 Å². The van der Waals surface area contributed by atoms with E-state index in [9.17, 15) is 9.59 Å². The number of esters is 1. The van der Waals surface area contributed by atoms with Crippen LogP contribution in [0.1, 0.15) is 31.8 Å². The average Bonchev–Trinajstić information content (AvgIpc) is 3.14. The number of aryl methyl sites for hydroxylation is 1. The molecule has 7 heteroatoms. The summed E-state index contributed by atoms with van der Waals surface area (Å²) in [4.78, 5) is 25.5. The van der Waals surface area contributed by atoms with Gasteiger partial charge >= 0.3 is 5.97 Å². The van der Waals surface area contributed by atoms with E-state index in [-0.39, 0.29) is 17.3 Å². The fourth-order valence-corrected chi connectivity index (χ4v) is 3.58. The number of carbonyl (C=O) groups excluding carboxylic acids is 2. The molecule has 1 aliphatic heterocycles. The predicted octanol–water partition coefficient (Wildman–Crippen LogP) is 4.86. The maximum Gasteiger partial charge on any atom is 0.343 e. The van der Waals surface area contributed by atoms with E-state index in [0.717, 1.165) is 0 Å². The van der Waals surface area contributed by atoms with Crippen LogP contribution in [0.15, 0.2) is 60.4 Å². The molecule has 0 unspecified atom stereocenters. The lowest BCUT2D eigenvalue weighted by molar-refractivity contribution is 0.0734. The van der Waals surface area contributed by atoms with Crippen LogP contribution in [-0.4, -0.2) is 33.1 Å². The highest BCUT2D eigenvalue weighted by atomic mass is 16.5. The second-order valence-corrected chi connectivity index (χ2v) is 7.26. The maximum absolute atomic E-state index is 13.1. The number of ether oxygens (including phenoxy) is 5. The summed E-state index contributed by atoms with van der Waals surface area (Å²) in [6.45, 7) is 1.76. The van der Waals surface area contributed by atoms with Crippen LogP contribution in [0, 0.1) is 6.92 Å². The molecule has 3 aromatic rings. The molecule has 0 atom stereocenters. The summed E-state index contributed by atoms with van der Waals surface area (Å²) in [5, 5.41) is 0. The molecule has 1 heterocycles. The number of rotatable bonds is 6. The Balaban J connectivity index is 1.66. The zero-order valence-corrected chi connectivity index (χ0v) is 18.6. The van der Waals surface area contributed by atoms with Gasteiger partial charge in [-0.25, -0.2) is 4.79 Å². The Kier molecular flexibility index (Phi) is 6.04. The molecule has 0 saturated heterocycles. The van der Waals surface area contributed by atoms with E-state index >= 15 is 0 Å². The van der Waals surface area contributed by atoms with E-state index in [2.05, 4.69) is 0 Å². The topological polar surface area (TPSA) is 80.3 Å². The lowest BCUT2D eigenvalue weighted by Gasteiger charge is -2.12. The van der Waals surface area contributed by atoms with Crippen LogP contribution in [-0.2, 0) is 0 Å². The lowest BCUT2D eigenvalue weighted by atomic mass is 10.0. The Morgan fingerprint density at radius 3 is 2.21 bits per heavy atom. The number of allylic oxidation sites excluding steroid dienone is 1. The number of hydrogen-bond acceptors (Lipinski definition) is 7. The standard InChI is InChI=1S/C26H22O7/c1-15-10-18(32-26(28)16-8-6-5-7-9-16)13-22-24(15)25(27)23(33-22)12-17-11-20(30-3)21(31-4)14-19(17)29-2/h5-14H,1-4H3/b23-12-. The average molecular weight is 446 g/mol. The first-order valence-electron chi connectivity index (χ1n) is 10.1. The van der Waals surface area contributed by atoms with Crippen molar-refractivity contribution in [1.82, 2.24) is 0 Å². The minimum absolute atomic E-state index is 0.116. The third-order valence-electron chi connectivity index (χ3n) is 5.19. The molecule has 0 amide bonds. The molecule has 3 aromatic carbocycles. The van der Waals surface area contributed by atoms with Gasteiger partial charge in [0, 0.05) is 17.7 Å². The Hall–Kier alpha value is -4.26. The molecule has 33 heavy (non-hydrogen) atoms. The highest BCUT2D eigenvalue weighted by Gasteiger charge is 2.31. The van der Waals surface area contributed by atoms with E-state index in [1.54, 1.807) is 55.5 Å². The maximum atomic E-state index is 13.1. The zero-order valence-electron chi connectivity index (χ0n) is 18.6. The summed E-state index contributed by atoms with van der Waals surface area (Å²) < 4.78 is 27.4. The molecular weight excluding hydrogens is 424 g/mol. The molecule has 0 aromatic heterocycles. The van der Waals surface area contributed by atoms with Gasteiger partial charge in [0.25, 0.3) is 0 Å². The van der Waals surface area contributed by atoms with Gasteiger partial charge in [0.05, 0.1) is 32.5 Å². The van der Waals surface area contributed by atoms with Crippen LogP contribution in [0.4, 0.5) is 0 Å². The van der Waals surface area contributed by atoms with Gasteiger partial charge in [-0.05, 0) is 42.8 Å². The van der Waals surface area contributed by atoms with Crippen LogP contribution < -0.4 is 23.7 Å². The van der Waals surface area contributed by atoms with E-state index in [1.807, 2.05) is 6.07 Å². The summed E-state index contributed by atoms with van der Waals surface area (Å²) >= 11 is 0. The van der Waals surface area contributed by atoms with Gasteiger partial charge in [-0.3, -0.25) is 4.79 Å². The monoisotopic (exact) mass is 446 g/mol. The summed E-state index contributed by atoms with van der Waals surface area (Å²) in [7, 11) is 4.57. The third kappa shape index (κ3) is 4.25. The normalized spacial score (nSPS) is 13.3. The van der Waals surface area contributed by atoms with Crippen molar-refractivity contribution in [3.8, 4) is 28.7 Å². The first kappa shape index (κ1) is 22.0. The summed E-state index contributed by atoms with van der Waals surface area (Å²) in [6, 6.07) is 15.2. The number of fused-ring (bicyclic) bond motifs is 1. The van der Waals surface area contributed by atoms with Crippen LogP contribution >= 0.6 is 0 Å². The second kappa shape index (κ2) is 9.08. The molecule has 0 bridgehead atoms. The van der Waals surface area contributed by atoms with Gasteiger partial charge in [-0.1, -0.05) is 18.2 Å². The molecule has 7 nitrogen and oxygen atoms in total. The molecule has 0 radical (unpaired) electrons. The summed E-state index contributed by atoms with van der Waals surface area (Å²) in [5.74, 6) is 1.43. The second-order valence-electron chi connectivity index (χ2n) is 7.26. The third-order valence-corrected chi connectivity index (χ3v) is 5.19. The van der Waals surface area contributed by atoms with Crippen molar-refractivity contribution in [2.45, 2.75) is 6.92 Å². The molecule has 0 spiro atoms. The minimum Gasteiger partial charge on any atom is -0.496 e. The smallest absolute Gasteiger partial charge is 0.343 e. The van der Waals surface area contributed by atoms with Crippen molar-refractivity contribution >= 4 is 17.8 Å². The van der Waals surface area contributed by atoms with Gasteiger partial charge in [-0.15, -0.1) is 0 Å². The molecular formula is C26H22O7. The molecule has 1 aliphatic rings. The highest BCUT2D eigenvalue weighted by molar-refractivity contribution is 6.15. The van der Waals surface area contributed by atoms with Gasteiger partial charge in [-0.2, -0.15) is 0 Å². The Morgan fingerprint density at radius 2 is 1.55 bits per heavy atom. The number of hydrogen-bond donors (Lipinski definition) is 0. The fraction of sp³-hybridized carbons (Fsp3) is 0.154. The first-order chi connectivity index (χ1) is 15.9. The van der Waals surface area contributed by atoms with E-state index in [4.69, 9.17) is 23.7 Å². The largest absolute Gasteiger partial charge is 0.496 e. The van der Waals surface area contributed by atoms with Crippen LogP contribution in [0.25, 0.3) is 6.08 Å². The van der Waals surface area contributed by atoms with Crippen molar-refractivity contribution in [1.29, 1.82) is 0 Å². The number of methoxy groups -OCH3 is 3. The number of benzene rings is 3. The van der Waals surface area contributed by atoms with Gasteiger partial charge < -0.3 is 23.7 Å². The Morgan fingerprint density at radius 1 is 0.879 bits per heavy atom. The van der Waals surface area contributed by atoms with E-state index in [0.29, 0.717) is 45.3 Å². The Labute approximate surface area is 191 Å². The SMILES string of the molecule is COc1cc(OC)c(OC)cc1/C=C1\Oc2cc(OC(=O)c3ccccc3)cc(C)c2C1=O. The van der Waals surface area contributed by atoms with Crippen LogP contribution in [0.3, 0.4) is 0 Å².